The van der Waals surface area contributed by atoms with E-state index in [0.29, 0.717) is 37.4 Å². The molecule has 1 aromatic heterocycles. The number of ether oxygens (including phenoxy) is 2. The summed E-state index contributed by atoms with van der Waals surface area (Å²) < 4.78 is 38.7. The van der Waals surface area contributed by atoms with E-state index in [1.54, 1.807) is 30.5 Å². The van der Waals surface area contributed by atoms with Gasteiger partial charge in [0.05, 0.1) is 37.1 Å². The van der Waals surface area contributed by atoms with Crippen LogP contribution in [0.5, 0.6) is 11.5 Å². The monoisotopic (exact) mass is 575 g/mol. The number of methoxy groups -OCH3 is 2. The molecule has 0 saturated carbocycles. The molecule has 0 aliphatic carbocycles. The zero-order valence-corrected chi connectivity index (χ0v) is 24.1. The maximum absolute atomic E-state index is 13.6. The molecular formula is C27H33N3O7S2. The molecule has 0 aliphatic heterocycles. The number of sulfonamides is 1. The first kappa shape index (κ1) is 30.1. The quantitative estimate of drug-likeness (QED) is 0.203. The SMILES string of the molecule is CCCN(CC(=O)N(CCc1ccc(OC)c(OC)c1)Cc1sccc1C)S(=O)(=O)c1ccc([N+](=O)[O-])cc1. The van der Waals surface area contributed by atoms with Gasteiger partial charge < -0.3 is 14.4 Å². The Balaban J connectivity index is 1.84. The molecule has 1 amide bonds. The van der Waals surface area contributed by atoms with Crippen molar-refractivity contribution in [2.45, 2.75) is 38.1 Å². The summed E-state index contributed by atoms with van der Waals surface area (Å²) in [5.74, 6) is 0.863. The highest BCUT2D eigenvalue weighted by molar-refractivity contribution is 7.89. The maximum atomic E-state index is 13.6. The Labute approximate surface area is 233 Å². The minimum absolute atomic E-state index is 0.0969. The van der Waals surface area contributed by atoms with Crippen LogP contribution in [0.25, 0.3) is 0 Å². The van der Waals surface area contributed by atoms with E-state index in [1.165, 1.54) is 12.1 Å². The highest BCUT2D eigenvalue weighted by Gasteiger charge is 2.29. The normalized spacial score (nSPS) is 11.4. The summed E-state index contributed by atoms with van der Waals surface area (Å²) in [5, 5.41) is 13.0. The third-order valence-electron chi connectivity index (χ3n) is 6.24. The second kappa shape index (κ2) is 13.5. The second-order valence-corrected chi connectivity index (χ2v) is 11.8. The Morgan fingerprint density at radius 3 is 2.28 bits per heavy atom. The lowest BCUT2D eigenvalue weighted by Gasteiger charge is -2.27. The lowest BCUT2D eigenvalue weighted by molar-refractivity contribution is -0.384. The van der Waals surface area contributed by atoms with Gasteiger partial charge in [0, 0.05) is 30.1 Å². The summed E-state index contributed by atoms with van der Waals surface area (Å²) in [6.45, 7) is 4.31. The Kier molecular flexibility index (Phi) is 10.4. The molecule has 0 spiro atoms. The number of hydrogen-bond donors (Lipinski definition) is 0. The van der Waals surface area contributed by atoms with Crippen LogP contribution in [0.2, 0.25) is 0 Å². The van der Waals surface area contributed by atoms with Crippen molar-refractivity contribution >= 4 is 33.0 Å². The molecule has 1 heterocycles. The van der Waals surface area contributed by atoms with Crippen LogP contribution in [0.3, 0.4) is 0 Å². The van der Waals surface area contributed by atoms with E-state index in [-0.39, 0.29) is 29.6 Å². The van der Waals surface area contributed by atoms with Crippen LogP contribution in [0.15, 0.2) is 58.8 Å². The minimum Gasteiger partial charge on any atom is -0.493 e. The molecule has 0 aliphatic rings. The molecular weight excluding hydrogens is 542 g/mol. The molecule has 0 radical (unpaired) electrons. The molecule has 12 heteroatoms. The number of thiophene rings is 1. The number of amides is 1. The average molecular weight is 576 g/mol. The van der Waals surface area contributed by atoms with Gasteiger partial charge in [0.1, 0.15) is 0 Å². The number of nitrogens with zero attached hydrogens (tertiary/aromatic N) is 3. The molecule has 3 rings (SSSR count). The lowest BCUT2D eigenvalue weighted by atomic mass is 10.1. The topological polar surface area (TPSA) is 119 Å². The first-order chi connectivity index (χ1) is 18.6. The molecule has 0 N–H and O–H groups in total. The summed E-state index contributed by atoms with van der Waals surface area (Å²) >= 11 is 1.55. The van der Waals surface area contributed by atoms with Crippen molar-refractivity contribution in [3.8, 4) is 11.5 Å². The van der Waals surface area contributed by atoms with Gasteiger partial charge in [-0.05, 0) is 66.6 Å². The van der Waals surface area contributed by atoms with Crippen LogP contribution in [-0.4, -0.2) is 62.3 Å². The number of carbonyl (C=O) groups excluding carboxylic acids is 1. The van der Waals surface area contributed by atoms with E-state index in [1.807, 2.05) is 43.5 Å². The highest BCUT2D eigenvalue weighted by atomic mass is 32.2. The number of nitro groups is 1. The number of aryl methyl sites for hydroxylation is 1. The summed E-state index contributed by atoms with van der Waals surface area (Å²) in [7, 11) is -0.929. The number of rotatable bonds is 14. The zero-order chi connectivity index (χ0) is 28.6. The van der Waals surface area contributed by atoms with E-state index in [0.717, 1.165) is 32.4 Å². The van der Waals surface area contributed by atoms with Crippen LogP contribution in [0.4, 0.5) is 5.69 Å². The molecule has 0 bridgehead atoms. The summed E-state index contributed by atoms with van der Waals surface area (Å²) in [4.78, 5) is 26.6. The molecule has 0 saturated heterocycles. The third kappa shape index (κ3) is 7.55. The Morgan fingerprint density at radius 1 is 1.03 bits per heavy atom. The predicted octanol–water partition coefficient (Wildman–Crippen LogP) is 4.65. The molecule has 39 heavy (non-hydrogen) atoms. The Bertz CT molecular complexity index is 1390. The van der Waals surface area contributed by atoms with E-state index in [4.69, 9.17) is 9.47 Å². The van der Waals surface area contributed by atoms with Crippen LogP contribution >= 0.6 is 11.3 Å². The maximum Gasteiger partial charge on any atom is 0.269 e. The van der Waals surface area contributed by atoms with Crippen molar-refractivity contribution < 1.29 is 27.6 Å². The molecule has 3 aromatic rings. The Morgan fingerprint density at radius 2 is 1.72 bits per heavy atom. The first-order valence-corrected chi connectivity index (χ1v) is 14.7. The predicted molar refractivity (Wildman–Crippen MR) is 150 cm³/mol. The van der Waals surface area contributed by atoms with Crippen LogP contribution in [0.1, 0.15) is 29.3 Å². The van der Waals surface area contributed by atoms with Gasteiger partial charge in [-0.1, -0.05) is 13.0 Å². The molecule has 0 unspecified atom stereocenters. The van der Waals surface area contributed by atoms with Gasteiger partial charge >= 0.3 is 0 Å². The summed E-state index contributed by atoms with van der Waals surface area (Å²) in [5.41, 5.74) is 1.80. The van der Waals surface area contributed by atoms with Gasteiger partial charge in [0.25, 0.3) is 5.69 Å². The smallest absolute Gasteiger partial charge is 0.269 e. The molecule has 210 valence electrons. The van der Waals surface area contributed by atoms with E-state index >= 15 is 0 Å². The van der Waals surface area contributed by atoms with E-state index < -0.39 is 14.9 Å². The number of carbonyl (C=O) groups is 1. The fourth-order valence-electron chi connectivity index (χ4n) is 4.00. The lowest BCUT2D eigenvalue weighted by Crippen LogP contribution is -2.43. The van der Waals surface area contributed by atoms with Gasteiger partial charge in [-0.15, -0.1) is 11.3 Å². The van der Waals surface area contributed by atoms with Crippen molar-refractivity contribution in [2.24, 2.45) is 0 Å². The second-order valence-electron chi connectivity index (χ2n) is 8.87. The van der Waals surface area contributed by atoms with Crippen LogP contribution in [-0.2, 0) is 27.8 Å². The first-order valence-electron chi connectivity index (χ1n) is 12.4. The van der Waals surface area contributed by atoms with Crippen LogP contribution in [0, 0.1) is 17.0 Å². The van der Waals surface area contributed by atoms with Crippen molar-refractivity contribution in [3.63, 3.8) is 0 Å². The summed E-state index contributed by atoms with van der Waals surface area (Å²) in [6.07, 6.45) is 1.02. The number of benzene rings is 2. The van der Waals surface area contributed by atoms with E-state index in [2.05, 4.69) is 0 Å². The number of hydrogen-bond acceptors (Lipinski definition) is 8. The molecule has 10 nitrogen and oxygen atoms in total. The summed E-state index contributed by atoms with van der Waals surface area (Å²) in [6, 6.07) is 12.3. The largest absolute Gasteiger partial charge is 0.493 e. The van der Waals surface area contributed by atoms with Crippen molar-refractivity contribution in [1.82, 2.24) is 9.21 Å². The molecule has 2 aromatic carbocycles. The van der Waals surface area contributed by atoms with Gasteiger partial charge in [-0.25, -0.2) is 8.42 Å². The van der Waals surface area contributed by atoms with Crippen molar-refractivity contribution in [3.05, 3.63) is 80.0 Å². The highest BCUT2D eigenvalue weighted by Crippen LogP contribution is 2.28. The standard InChI is InChI=1S/C27H33N3O7S2/c1-5-14-29(39(34,35)23-9-7-22(8-10-23)30(32)33)19-27(31)28(18-26-20(2)13-16-38-26)15-12-21-6-11-24(36-3)25(17-21)37-4/h6-11,13,16-17H,5,12,14-15,18-19H2,1-4H3. The number of nitro benzene ring substituents is 1. The minimum atomic E-state index is -4.05. The fourth-order valence-corrected chi connectivity index (χ4v) is 6.41. The van der Waals surface area contributed by atoms with Gasteiger partial charge in [-0.2, -0.15) is 4.31 Å². The number of non-ortho nitro benzene ring substituents is 1. The fraction of sp³-hybridized carbons (Fsp3) is 0.370. The van der Waals surface area contributed by atoms with Crippen molar-refractivity contribution in [2.75, 3.05) is 33.9 Å². The van der Waals surface area contributed by atoms with Gasteiger partial charge in [-0.3, -0.25) is 14.9 Å². The van der Waals surface area contributed by atoms with Gasteiger partial charge in [0.15, 0.2) is 11.5 Å². The van der Waals surface area contributed by atoms with E-state index in [9.17, 15) is 23.3 Å². The molecule has 0 fully saturated rings. The van der Waals surface area contributed by atoms with Gasteiger partial charge in [0.2, 0.25) is 15.9 Å². The average Bonchev–Trinajstić information content (AvgIpc) is 3.34. The Hall–Kier alpha value is -3.48. The third-order valence-corrected chi connectivity index (χ3v) is 9.11. The molecule has 0 atom stereocenters. The van der Waals surface area contributed by atoms with Crippen molar-refractivity contribution in [1.29, 1.82) is 0 Å². The zero-order valence-electron chi connectivity index (χ0n) is 22.5. The van der Waals surface area contributed by atoms with Crippen LogP contribution < -0.4 is 9.47 Å².